The molecule has 1 heterocycles. The van der Waals surface area contributed by atoms with Gasteiger partial charge in [-0.2, -0.15) is 0 Å². The van der Waals surface area contributed by atoms with E-state index in [9.17, 15) is 4.79 Å². The van der Waals surface area contributed by atoms with Crippen LogP contribution in [0.3, 0.4) is 0 Å². The van der Waals surface area contributed by atoms with Crippen LogP contribution in [0.1, 0.15) is 16.1 Å². The smallest absolute Gasteiger partial charge is 0.291 e. The summed E-state index contributed by atoms with van der Waals surface area (Å²) in [5, 5.41) is 2.74. The summed E-state index contributed by atoms with van der Waals surface area (Å²) in [6, 6.07) is 8.64. The minimum Gasteiger partial charge on any atom is -0.487 e. The van der Waals surface area contributed by atoms with Crippen molar-refractivity contribution in [1.29, 1.82) is 0 Å². The maximum Gasteiger partial charge on any atom is 0.291 e. The maximum absolute atomic E-state index is 11.9. The first-order chi connectivity index (χ1) is 9.56. The molecular weight excluding hydrogens is 276 g/mol. The van der Waals surface area contributed by atoms with E-state index in [0.29, 0.717) is 17.2 Å². The van der Waals surface area contributed by atoms with Gasteiger partial charge in [-0.05, 0) is 37.3 Å². The number of ether oxygens (including phenoxy) is 1. The number of anilines is 1. The Balaban J connectivity index is 1.99. The molecule has 5 nitrogen and oxygen atoms in total. The van der Waals surface area contributed by atoms with Gasteiger partial charge in [0.2, 0.25) is 0 Å². The zero-order valence-corrected chi connectivity index (χ0v) is 11.7. The average Bonchev–Trinajstić information content (AvgIpc) is 2.84. The fourth-order valence-corrected chi connectivity index (χ4v) is 1.64. The minimum absolute atomic E-state index is 0.187. The first kappa shape index (κ1) is 14.1. The molecule has 2 aromatic rings. The Morgan fingerprint density at radius 2 is 2.05 bits per heavy atom. The number of furan rings is 1. The van der Waals surface area contributed by atoms with Crippen molar-refractivity contribution in [3.63, 3.8) is 0 Å². The van der Waals surface area contributed by atoms with E-state index >= 15 is 0 Å². The molecule has 3 N–H and O–H groups in total. The summed E-state index contributed by atoms with van der Waals surface area (Å²) in [7, 11) is 0. The monoisotopic (exact) mass is 290 g/mol. The van der Waals surface area contributed by atoms with Crippen molar-refractivity contribution in [2.24, 2.45) is 5.73 Å². The van der Waals surface area contributed by atoms with Gasteiger partial charge in [0.1, 0.15) is 17.3 Å². The summed E-state index contributed by atoms with van der Waals surface area (Å²) in [6.45, 7) is 2.00. The van der Waals surface area contributed by atoms with Crippen molar-refractivity contribution in [1.82, 2.24) is 0 Å². The molecule has 1 amide bonds. The molecular formula is C14H14N2O3S. The van der Waals surface area contributed by atoms with Gasteiger partial charge in [-0.1, -0.05) is 12.2 Å². The number of hydrogen-bond acceptors (Lipinski definition) is 4. The number of benzene rings is 1. The maximum atomic E-state index is 11.9. The minimum atomic E-state index is -0.288. The zero-order valence-electron chi connectivity index (χ0n) is 10.9. The molecule has 0 saturated carbocycles. The van der Waals surface area contributed by atoms with Gasteiger partial charge in [-0.25, -0.2) is 0 Å². The van der Waals surface area contributed by atoms with Crippen molar-refractivity contribution in [3.8, 4) is 5.75 Å². The molecule has 0 unspecified atom stereocenters. The van der Waals surface area contributed by atoms with Gasteiger partial charge in [0.25, 0.3) is 5.91 Å². The van der Waals surface area contributed by atoms with Gasteiger partial charge in [0.15, 0.2) is 5.76 Å². The summed E-state index contributed by atoms with van der Waals surface area (Å²) in [5.74, 6) is 0.646. The highest BCUT2D eigenvalue weighted by Gasteiger charge is 2.12. The van der Waals surface area contributed by atoms with Crippen molar-refractivity contribution >= 4 is 28.8 Å². The van der Waals surface area contributed by atoms with Gasteiger partial charge in [0, 0.05) is 11.3 Å². The average molecular weight is 290 g/mol. The van der Waals surface area contributed by atoms with Crippen LogP contribution in [-0.4, -0.2) is 17.5 Å². The molecule has 1 aromatic heterocycles. The Morgan fingerprint density at radius 3 is 2.60 bits per heavy atom. The third-order valence-electron chi connectivity index (χ3n) is 2.56. The molecule has 20 heavy (non-hydrogen) atoms. The molecule has 0 bridgehead atoms. The molecule has 0 aliphatic heterocycles. The standard InChI is InChI=1S/C14H14N2O3S/c1-9-6-7-18-13(9)14(17)16-10-2-4-11(5-3-10)19-8-12(15)20/h2-7H,8H2,1H3,(H2,15,20)(H,16,17). The van der Waals surface area contributed by atoms with E-state index in [1.807, 2.05) is 6.92 Å². The molecule has 0 radical (unpaired) electrons. The lowest BCUT2D eigenvalue weighted by molar-refractivity contribution is 0.0996. The van der Waals surface area contributed by atoms with E-state index in [4.69, 9.17) is 27.1 Å². The van der Waals surface area contributed by atoms with Crippen molar-refractivity contribution < 1.29 is 13.9 Å². The number of nitrogens with one attached hydrogen (secondary N) is 1. The predicted octanol–water partition coefficient (Wildman–Crippen LogP) is 2.51. The highest BCUT2D eigenvalue weighted by Crippen LogP contribution is 2.17. The van der Waals surface area contributed by atoms with Crippen LogP contribution in [0.4, 0.5) is 5.69 Å². The Kier molecular flexibility index (Phi) is 4.37. The van der Waals surface area contributed by atoms with E-state index < -0.39 is 0 Å². The summed E-state index contributed by atoms with van der Waals surface area (Å²) in [4.78, 5) is 12.2. The lowest BCUT2D eigenvalue weighted by Gasteiger charge is -2.07. The summed E-state index contributed by atoms with van der Waals surface area (Å²) in [5.41, 5.74) is 6.78. The molecule has 0 aliphatic carbocycles. The SMILES string of the molecule is Cc1ccoc1C(=O)Nc1ccc(OCC(N)=S)cc1. The van der Waals surface area contributed by atoms with Gasteiger partial charge < -0.3 is 20.2 Å². The summed E-state index contributed by atoms with van der Waals surface area (Å²) in [6.07, 6.45) is 1.48. The number of rotatable bonds is 5. The predicted molar refractivity (Wildman–Crippen MR) is 80.1 cm³/mol. The Bertz CT molecular complexity index is 620. The second-order valence-electron chi connectivity index (χ2n) is 4.17. The third kappa shape index (κ3) is 3.58. The first-order valence-electron chi connectivity index (χ1n) is 5.93. The van der Waals surface area contributed by atoms with Crippen LogP contribution in [0.2, 0.25) is 0 Å². The molecule has 2 rings (SSSR count). The normalized spacial score (nSPS) is 10.1. The first-order valence-corrected chi connectivity index (χ1v) is 6.33. The van der Waals surface area contributed by atoms with Crippen molar-refractivity contribution in [2.45, 2.75) is 6.92 Å². The Labute approximate surface area is 121 Å². The Morgan fingerprint density at radius 1 is 1.35 bits per heavy atom. The molecule has 0 aliphatic rings. The number of carbonyl (C=O) groups is 1. The van der Waals surface area contributed by atoms with Gasteiger partial charge in [0.05, 0.1) is 6.26 Å². The van der Waals surface area contributed by atoms with Crippen LogP contribution in [-0.2, 0) is 0 Å². The molecule has 0 fully saturated rings. The second-order valence-corrected chi connectivity index (χ2v) is 4.69. The number of aryl methyl sites for hydroxylation is 1. The van der Waals surface area contributed by atoms with E-state index in [2.05, 4.69) is 5.32 Å². The Hall–Kier alpha value is -2.34. The highest BCUT2D eigenvalue weighted by atomic mass is 32.1. The fraction of sp³-hybridized carbons (Fsp3) is 0.143. The fourth-order valence-electron chi connectivity index (χ4n) is 1.58. The lowest BCUT2D eigenvalue weighted by atomic mass is 10.2. The van der Waals surface area contributed by atoms with Crippen LogP contribution in [0.15, 0.2) is 41.0 Å². The van der Waals surface area contributed by atoms with Crippen molar-refractivity contribution in [3.05, 3.63) is 47.9 Å². The number of thiocarbonyl (C=S) groups is 1. The topological polar surface area (TPSA) is 77.5 Å². The van der Waals surface area contributed by atoms with E-state index in [0.717, 1.165) is 5.56 Å². The van der Waals surface area contributed by atoms with Crippen LogP contribution in [0.25, 0.3) is 0 Å². The van der Waals surface area contributed by atoms with Gasteiger partial charge in [-0.3, -0.25) is 4.79 Å². The van der Waals surface area contributed by atoms with Crippen LogP contribution in [0, 0.1) is 6.92 Å². The van der Waals surface area contributed by atoms with E-state index in [-0.39, 0.29) is 17.5 Å². The quantitative estimate of drug-likeness (QED) is 0.827. The summed E-state index contributed by atoms with van der Waals surface area (Å²) >= 11 is 4.72. The van der Waals surface area contributed by atoms with Gasteiger partial charge >= 0.3 is 0 Å². The second kappa shape index (κ2) is 6.21. The summed E-state index contributed by atoms with van der Waals surface area (Å²) < 4.78 is 10.4. The van der Waals surface area contributed by atoms with Crippen LogP contribution in [0.5, 0.6) is 5.75 Å². The number of carbonyl (C=O) groups excluding carboxylic acids is 1. The lowest BCUT2D eigenvalue weighted by Crippen LogP contribution is -2.17. The molecule has 0 saturated heterocycles. The molecule has 0 atom stereocenters. The molecule has 0 spiro atoms. The highest BCUT2D eigenvalue weighted by molar-refractivity contribution is 7.80. The number of amides is 1. The van der Waals surface area contributed by atoms with E-state index in [1.165, 1.54) is 6.26 Å². The third-order valence-corrected chi connectivity index (χ3v) is 2.68. The van der Waals surface area contributed by atoms with Crippen LogP contribution < -0.4 is 15.8 Å². The number of nitrogens with two attached hydrogens (primary N) is 1. The molecule has 104 valence electrons. The largest absolute Gasteiger partial charge is 0.487 e. The molecule has 1 aromatic carbocycles. The van der Waals surface area contributed by atoms with Gasteiger partial charge in [-0.15, -0.1) is 0 Å². The molecule has 6 heteroatoms. The van der Waals surface area contributed by atoms with E-state index in [1.54, 1.807) is 30.3 Å². The van der Waals surface area contributed by atoms with Crippen LogP contribution >= 0.6 is 12.2 Å². The zero-order chi connectivity index (χ0) is 14.5. The van der Waals surface area contributed by atoms with Crippen molar-refractivity contribution in [2.75, 3.05) is 11.9 Å². The number of hydrogen-bond donors (Lipinski definition) is 2.